The predicted molar refractivity (Wildman–Crippen MR) is 92.2 cm³/mol. The Morgan fingerprint density at radius 1 is 1.17 bits per heavy atom. The molecule has 0 aliphatic rings. The summed E-state index contributed by atoms with van der Waals surface area (Å²) in [5.41, 5.74) is 10.5. The van der Waals surface area contributed by atoms with Crippen molar-refractivity contribution in [1.82, 2.24) is 19.7 Å². The smallest absolute Gasteiger partial charge is 0.248 e. The van der Waals surface area contributed by atoms with E-state index in [9.17, 15) is 4.79 Å². The average molecular weight is 317 g/mol. The first-order valence-electron chi connectivity index (χ1n) is 7.48. The molecule has 0 aliphatic heterocycles. The van der Waals surface area contributed by atoms with E-state index in [0.717, 1.165) is 33.3 Å². The van der Waals surface area contributed by atoms with Crippen LogP contribution in [0.2, 0.25) is 0 Å². The molecule has 4 rings (SSSR count). The van der Waals surface area contributed by atoms with E-state index in [1.54, 1.807) is 23.0 Å². The Bertz CT molecular complexity index is 1060. The molecule has 0 unspecified atom stereocenters. The number of pyridine rings is 1. The van der Waals surface area contributed by atoms with Crippen molar-refractivity contribution in [3.05, 3.63) is 60.7 Å². The van der Waals surface area contributed by atoms with Gasteiger partial charge in [0.25, 0.3) is 0 Å². The molecular formula is C18H15N5O. The van der Waals surface area contributed by atoms with E-state index in [1.165, 1.54) is 0 Å². The molecule has 6 nitrogen and oxygen atoms in total. The Labute approximate surface area is 137 Å². The number of hydrogen-bond donors (Lipinski definition) is 2. The minimum absolute atomic E-state index is 0.441. The van der Waals surface area contributed by atoms with Crippen molar-refractivity contribution < 1.29 is 4.79 Å². The number of rotatable bonds is 3. The standard InChI is InChI=1S/C18H15N5O/c1-23-10-14(8-22-23)16-9-21-18-15(16)6-13(7-20-18)11-3-2-4-12(5-11)17(19)24/h2-10H,1H3,(H2,19,24)(H,20,21). The lowest BCUT2D eigenvalue weighted by atomic mass is 10.0. The van der Waals surface area contributed by atoms with E-state index >= 15 is 0 Å². The van der Waals surface area contributed by atoms with E-state index in [2.05, 4.69) is 21.1 Å². The molecule has 6 heteroatoms. The molecule has 0 radical (unpaired) electrons. The van der Waals surface area contributed by atoms with Crippen LogP contribution in [-0.4, -0.2) is 25.7 Å². The third-order valence-electron chi connectivity index (χ3n) is 4.03. The van der Waals surface area contributed by atoms with Crippen LogP contribution in [-0.2, 0) is 7.05 Å². The predicted octanol–water partition coefficient (Wildman–Crippen LogP) is 2.73. The van der Waals surface area contributed by atoms with Gasteiger partial charge in [0.2, 0.25) is 5.91 Å². The molecule has 0 saturated heterocycles. The number of nitrogens with zero attached hydrogens (tertiary/aromatic N) is 3. The van der Waals surface area contributed by atoms with Gasteiger partial charge in [-0.3, -0.25) is 9.48 Å². The van der Waals surface area contributed by atoms with E-state index in [1.807, 2.05) is 37.8 Å². The molecule has 0 bridgehead atoms. The molecule has 0 fully saturated rings. The van der Waals surface area contributed by atoms with Crippen molar-refractivity contribution in [1.29, 1.82) is 0 Å². The highest BCUT2D eigenvalue weighted by Gasteiger charge is 2.11. The van der Waals surface area contributed by atoms with Gasteiger partial charge in [-0.2, -0.15) is 5.10 Å². The number of benzene rings is 1. The summed E-state index contributed by atoms with van der Waals surface area (Å²) in [6.45, 7) is 0. The highest BCUT2D eigenvalue weighted by atomic mass is 16.1. The van der Waals surface area contributed by atoms with Gasteiger partial charge < -0.3 is 10.7 Å². The maximum Gasteiger partial charge on any atom is 0.248 e. The summed E-state index contributed by atoms with van der Waals surface area (Å²) < 4.78 is 1.77. The maximum absolute atomic E-state index is 11.4. The number of aromatic amines is 1. The monoisotopic (exact) mass is 317 g/mol. The number of fused-ring (bicyclic) bond motifs is 1. The normalized spacial score (nSPS) is 11.0. The Hall–Kier alpha value is -3.41. The minimum Gasteiger partial charge on any atom is -0.366 e. The number of primary amides is 1. The number of H-pyrrole nitrogens is 1. The first-order valence-corrected chi connectivity index (χ1v) is 7.48. The molecular weight excluding hydrogens is 302 g/mol. The van der Waals surface area contributed by atoms with E-state index in [-0.39, 0.29) is 0 Å². The summed E-state index contributed by atoms with van der Waals surface area (Å²) in [5.74, 6) is -0.441. The van der Waals surface area contributed by atoms with Crippen LogP contribution in [0.1, 0.15) is 10.4 Å². The van der Waals surface area contributed by atoms with Crippen molar-refractivity contribution >= 4 is 16.9 Å². The molecule has 1 aromatic carbocycles. The number of aromatic nitrogens is 4. The zero-order valence-corrected chi connectivity index (χ0v) is 13.0. The van der Waals surface area contributed by atoms with Gasteiger partial charge >= 0.3 is 0 Å². The largest absolute Gasteiger partial charge is 0.366 e. The van der Waals surface area contributed by atoms with Crippen LogP contribution >= 0.6 is 0 Å². The summed E-state index contributed by atoms with van der Waals surface area (Å²) in [4.78, 5) is 19.1. The van der Waals surface area contributed by atoms with Gasteiger partial charge in [0.1, 0.15) is 5.65 Å². The van der Waals surface area contributed by atoms with Crippen LogP contribution in [0.5, 0.6) is 0 Å². The second-order valence-corrected chi connectivity index (χ2v) is 5.67. The fourth-order valence-corrected chi connectivity index (χ4v) is 2.81. The lowest BCUT2D eigenvalue weighted by molar-refractivity contribution is 0.100. The van der Waals surface area contributed by atoms with Crippen LogP contribution in [0.25, 0.3) is 33.3 Å². The fraction of sp³-hybridized carbons (Fsp3) is 0.0556. The van der Waals surface area contributed by atoms with E-state index in [4.69, 9.17) is 5.73 Å². The Balaban J connectivity index is 1.86. The lowest BCUT2D eigenvalue weighted by Gasteiger charge is -2.04. The number of aryl methyl sites for hydroxylation is 1. The molecule has 0 atom stereocenters. The van der Waals surface area contributed by atoms with Crippen molar-refractivity contribution in [2.45, 2.75) is 0 Å². The van der Waals surface area contributed by atoms with Crippen LogP contribution in [0.4, 0.5) is 0 Å². The number of nitrogens with two attached hydrogens (primary N) is 1. The first-order chi connectivity index (χ1) is 11.6. The second-order valence-electron chi connectivity index (χ2n) is 5.67. The highest BCUT2D eigenvalue weighted by molar-refractivity contribution is 5.97. The van der Waals surface area contributed by atoms with Gasteiger partial charge in [0.05, 0.1) is 6.20 Å². The van der Waals surface area contributed by atoms with Gasteiger partial charge in [0, 0.05) is 53.3 Å². The van der Waals surface area contributed by atoms with E-state index in [0.29, 0.717) is 5.56 Å². The van der Waals surface area contributed by atoms with Gasteiger partial charge in [-0.1, -0.05) is 12.1 Å². The summed E-state index contributed by atoms with van der Waals surface area (Å²) >= 11 is 0. The SMILES string of the molecule is Cn1cc(-c2c[nH]c3ncc(-c4cccc(C(N)=O)c4)cc23)cn1. The number of carbonyl (C=O) groups excluding carboxylic acids is 1. The molecule has 3 aromatic heterocycles. The van der Waals surface area contributed by atoms with Crippen molar-refractivity contribution in [2.75, 3.05) is 0 Å². The topological polar surface area (TPSA) is 89.6 Å². The fourth-order valence-electron chi connectivity index (χ4n) is 2.81. The molecule has 118 valence electrons. The second kappa shape index (κ2) is 5.34. The van der Waals surface area contributed by atoms with Crippen LogP contribution in [0.3, 0.4) is 0 Å². The van der Waals surface area contributed by atoms with E-state index < -0.39 is 5.91 Å². The summed E-state index contributed by atoms with van der Waals surface area (Å²) in [7, 11) is 1.89. The summed E-state index contributed by atoms with van der Waals surface area (Å²) in [6, 6.07) is 9.29. The molecule has 24 heavy (non-hydrogen) atoms. The zero-order chi connectivity index (χ0) is 16.7. The molecule has 3 heterocycles. The van der Waals surface area contributed by atoms with Crippen LogP contribution in [0, 0.1) is 0 Å². The molecule has 0 aliphatic carbocycles. The molecule has 3 N–H and O–H groups in total. The number of amides is 1. The number of hydrogen-bond acceptors (Lipinski definition) is 3. The van der Waals surface area contributed by atoms with Crippen LogP contribution in [0.15, 0.2) is 55.1 Å². The Kier molecular flexibility index (Phi) is 3.16. The third kappa shape index (κ3) is 2.34. The number of nitrogens with one attached hydrogen (secondary N) is 1. The summed E-state index contributed by atoms with van der Waals surface area (Å²) in [6.07, 6.45) is 7.50. The first kappa shape index (κ1) is 14.2. The average Bonchev–Trinajstić information content (AvgIpc) is 3.20. The van der Waals surface area contributed by atoms with Crippen LogP contribution < -0.4 is 5.73 Å². The summed E-state index contributed by atoms with van der Waals surface area (Å²) in [5, 5.41) is 5.23. The molecule has 0 saturated carbocycles. The number of carbonyl (C=O) groups is 1. The van der Waals surface area contributed by atoms with Crippen molar-refractivity contribution in [3.8, 4) is 22.3 Å². The lowest BCUT2D eigenvalue weighted by Crippen LogP contribution is -2.10. The molecule has 1 amide bonds. The maximum atomic E-state index is 11.4. The molecule has 4 aromatic rings. The molecule has 0 spiro atoms. The van der Waals surface area contributed by atoms with Gasteiger partial charge in [-0.15, -0.1) is 0 Å². The Morgan fingerprint density at radius 2 is 2.04 bits per heavy atom. The minimum atomic E-state index is -0.441. The van der Waals surface area contributed by atoms with Gasteiger partial charge in [-0.05, 0) is 23.8 Å². The van der Waals surface area contributed by atoms with Crippen molar-refractivity contribution in [2.24, 2.45) is 12.8 Å². The van der Waals surface area contributed by atoms with Crippen molar-refractivity contribution in [3.63, 3.8) is 0 Å². The third-order valence-corrected chi connectivity index (χ3v) is 4.03. The van der Waals surface area contributed by atoms with Gasteiger partial charge in [-0.25, -0.2) is 4.98 Å². The quantitative estimate of drug-likeness (QED) is 0.609. The zero-order valence-electron chi connectivity index (χ0n) is 13.0. The van der Waals surface area contributed by atoms with Gasteiger partial charge in [0.15, 0.2) is 0 Å². The highest BCUT2D eigenvalue weighted by Crippen LogP contribution is 2.30. The Morgan fingerprint density at radius 3 is 2.79 bits per heavy atom.